The highest BCUT2D eigenvalue weighted by atomic mass is 16.7. The van der Waals surface area contributed by atoms with Crippen molar-refractivity contribution in [2.24, 2.45) is 5.73 Å². The molecule has 0 fully saturated rings. The number of rotatable bonds is 5. The van der Waals surface area contributed by atoms with E-state index in [0.717, 1.165) is 0 Å². The molecule has 0 unspecified atom stereocenters. The summed E-state index contributed by atoms with van der Waals surface area (Å²) < 4.78 is 8.83. The molecule has 0 bridgehead atoms. The van der Waals surface area contributed by atoms with Crippen molar-refractivity contribution in [3.8, 4) is 0 Å². The highest BCUT2D eigenvalue weighted by Crippen LogP contribution is 2.00. The fourth-order valence-electron chi connectivity index (χ4n) is 0.454. The van der Waals surface area contributed by atoms with Gasteiger partial charge in [-0.25, -0.2) is 4.79 Å². The van der Waals surface area contributed by atoms with Crippen molar-refractivity contribution in [1.82, 2.24) is 0 Å². The molecule has 6 nitrogen and oxygen atoms in total. The molecule has 0 spiro atoms. The van der Waals surface area contributed by atoms with Crippen LogP contribution in [0.4, 0.5) is 4.79 Å². The second-order valence-electron chi connectivity index (χ2n) is 1.90. The van der Waals surface area contributed by atoms with Gasteiger partial charge in [-0.2, -0.15) is 0 Å². The van der Waals surface area contributed by atoms with Gasteiger partial charge in [0.05, 0.1) is 13.2 Å². The van der Waals surface area contributed by atoms with E-state index in [4.69, 9.17) is 10.2 Å². The molecule has 0 rings (SSSR count). The van der Waals surface area contributed by atoms with Crippen LogP contribution in [0.5, 0.6) is 0 Å². The van der Waals surface area contributed by atoms with Gasteiger partial charge in [-0.05, 0) is 6.58 Å². The lowest BCUT2D eigenvalue weighted by Crippen LogP contribution is -2.24. The minimum atomic E-state index is -1.06. The monoisotopic (exact) mass is 177 g/mol. The zero-order valence-corrected chi connectivity index (χ0v) is 6.40. The molecule has 0 heterocycles. The van der Waals surface area contributed by atoms with Crippen molar-refractivity contribution in [3.05, 3.63) is 12.5 Å². The molecule has 0 aliphatic heterocycles. The fraction of sp³-hybridized carbons (Fsp3) is 0.500. The van der Waals surface area contributed by atoms with Crippen molar-refractivity contribution in [2.45, 2.75) is 6.10 Å². The molecule has 0 aliphatic rings. The molecule has 4 N–H and O–H groups in total. The first-order valence-electron chi connectivity index (χ1n) is 3.14. The number of amides is 1. The van der Waals surface area contributed by atoms with Crippen LogP contribution in [0.1, 0.15) is 0 Å². The third kappa shape index (κ3) is 4.53. The van der Waals surface area contributed by atoms with Gasteiger partial charge in [-0.15, -0.1) is 0 Å². The first-order valence-corrected chi connectivity index (χ1v) is 3.14. The number of aliphatic hydroxyl groups is 2. The van der Waals surface area contributed by atoms with Crippen LogP contribution in [0.2, 0.25) is 0 Å². The molecular formula is C6H11NO5. The summed E-state index contributed by atoms with van der Waals surface area (Å²) in [7, 11) is 0. The maximum absolute atomic E-state index is 10.1. The highest BCUT2D eigenvalue weighted by Gasteiger charge is 2.09. The highest BCUT2D eigenvalue weighted by molar-refractivity contribution is 5.65. The third-order valence-corrected chi connectivity index (χ3v) is 0.920. The van der Waals surface area contributed by atoms with Crippen molar-refractivity contribution < 1.29 is 24.5 Å². The minimum Gasteiger partial charge on any atom is -0.457 e. The lowest BCUT2D eigenvalue weighted by Gasteiger charge is -2.14. The van der Waals surface area contributed by atoms with E-state index in [9.17, 15) is 4.79 Å². The normalized spacial score (nSPS) is 9.58. The van der Waals surface area contributed by atoms with E-state index < -0.39 is 25.4 Å². The number of aliphatic hydroxyl groups excluding tert-OH is 2. The van der Waals surface area contributed by atoms with E-state index in [1.165, 1.54) is 0 Å². The Bertz CT molecular complexity index is 165. The molecule has 0 saturated heterocycles. The molecule has 1 amide bonds. The molecule has 0 radical (unpaired) electrons. The Hall–Kier alpha value is -1.27. The predicted octanol–water partition coefficient (Wildman–Crippen LogP) is -1.08. The number of hydrogen-bond donors (Lipinski definition) is 3. The molecule has 0 saturated carbocycles. The van der Waals surface area contributed by atoms with Gasteiger partial charge >= 0.3 is 6.09 Å². The predicted molar refractivity (Wildman–Crippen MR) is 38.9 cm³/mol. The van der Waals surface area contributed by atoms with E-state index in [1.54, 1.807) is 0 Å². The molecule has 0 atom stereocenters. The Balaban J connectivity index is 3.74. The molecule has 0 aromatic heterocycles. The molecular weight excluding hydrogens is 166 g/mol. The van der Waals surface area contributed by atoms with Crippen LogP contribution in [-0.2, 0) is 9.47 Å². The summed E-state index contributed by atoms with van der Waals surface area (Å²) in [6, 6.07) is 0. The Morgan fingerprint density at radius 1 is 1.50 bits per heavy atom. The Labute approximate surface area is 69.2 Å². The minimum absolute atomic E-state index is 0.351. The van der Waals surface area contributed by atoms with Gasteiger partial charge in [0.2, 0.25) is 0 Å². The second kappa shape index (κ2) is 5.39. The summed E-state index contributed by atoms with van der Waals surface area (Å²) >= 11 is 0. The van der Waals surface area contributed by atoms with Crippen LogP contribution in [0.3, 0.4) is 0 Å². The summed E-state index contributed by atoms with van der Waals surface area (Å²) in [4.78, 5) is 10.1. The van der Waals surface area contributed by atoms with Crippen LogP contribution in [0.25, 0.3) is 0 Å². The average molecular weight is 177 g/mol. The Kier molecular flexibility index (Phi) is 4.82. The van der Waals surface area contributed by atoms with Crippen LogP contribution >= 0.6 is 0 Å². The zero-order chi connectivity index (χ0) is 9.56. The lowest BCUT2D eigenvalue weighted by atomic mass is 10.4. The summed E-state index contributed by atoms with van der Waals surface area (Å²) in [5.74, 6) is -0.351. The van der Waals surface area contributed by atoms with Gasteiger partial charge in [0.1, 0.15) is 6.10 Å². The number of hydrogen-bond acceptors (Lipinski definition) is 5. The van der Waals surface area contributed by atoms with Gasteiger partial charge in [-0.1, -0.05) is 0 Å². The Morgan fingerprint density at radius 3 is 2.33 bits per heavy atom. The fourth-order valence-corrected chi connectivity index (χ4v) is 0.454. The van der Waals surface area contributed by atoms with Crippen molar-refractivity contribution >= 4 is 6.09 Å². The van der Waals surface area contributed by atoms with Gasteiger partial charge < -0.3 is 25.4 Å². The van der Waals surface area contributed by atoms with Crippen molar-refractivity contribution in [1.29, 1.82) is 0 Å². The standard InChI is InChI=1S/C6H11NO5/c1-4(12-6(7)10)11-5(2-8)3-9/h5,8-9H,1-3H2,(H2,7,10). The number of nitrogens with two attached hydrogens (primary N) is 1. The van der Waals surface area contributed by atoms with Crippen LogP contribution in [-0.4, -0.2) is 35.6 Å². The van der Waals surface area contributed by atoms with Gasteiger partial charge in [0.15, 0.2) is 0 Å². The maximum atomic E-state index is 10.1. The van der Waals surface area contributed by atoms with E-state index in [-0.39, 0.29) is 5.95 Å². The zero-order valence-electron chi connectivity index (χ0n) is 6.40. The summed E-state index contributed by atoms with van der Waals surface area (Å²) in [5.41, 5.74) is 4.63. The van der Waals surface area contributed by atoms with E-state index >= 15 is 0 Å². The molecule has 0 aliphatic carbocycles. The van der Waals surface area contributed by atoms with Gasteiger partial charge in [0, 0.05) is 0 Å². The molecule has 0 aromatic carbocycles. The second-order valence-corrected chi connectivity index (χ2v) is 1.90. The molecule has 6 heteroatoms. The van der Waals surface area contributed by atoms with E-state index in [2.05, 4.69) is 21.8 Å². The molecule has 0 aromatic rings. The summed E-state index contributed by atoms with van der Waals surface area (Å²) in [5, 5.41) is 17.0. The maximum Gasteiger partial charge on any atom is 0.412 e. The molecule has 70 valence electrons. The largest absolute Gasteiger partial charge is 0.457 e. The van der Waals surface area contributed by atoms with Gasteiger partial charge in [-0.3, -0.25) is 0 Å². The van der Waals surface area contributed by atoms with Crippen LogP contribution in [0, 0.1) is 0 Å². The van der Waals surface area contributed by atoms with Crippen molar-refractivity contribution in [2.75, 3.05) is 13.2 Å². The van der Waals surface area contributed by atoms with Crippen LogP contribution in [0.15, 0.2) is 12.5 Å². The summed E-state index contributed by atoms with van der Waals surface area (Å²) in [6.07, 6.45) is -1.91. The third-order valence-electron chi connectivity index (χ3n) is 0.920. The summed E-state index contributed by atoms with van der Waals surface area (Å²) in [6.45, 7) is 2.35. The first kappa shape index (κ1) is 10.7. The topological polar surface area (TPSA) is 102 Å². The first-order chi connectivity index (χ1) is 5.60. The smallest absolute Gasteiger partial charge is 0.412 e. The average Bonchev–Trinajstić information content (AvgIpc) is 1.98. The SMILES string of the molecule is C=C(OC(N)=O)OC(CO)CO. The van der Waals surface area contributed by atoms with Gasteiger partial charge in [0.25, 0.3) is 5.95 Å². The lowest BCUT2D eigenvalue weighted by molar-refractivity contribution is -0.0293. The van der Waals surface area contributed by atoms with E-state index in [1.807, 2.05) is 0 Å². The van der Waals surface area contributed by atoms with Crippen molar-refractivity contribution in [3.63, 3.8) is 0 Å². The number of ether oxygens (including phenoxy) is 2. The quantitative estimate of drug-likeness (QED) is 0.464. The molecule has 12 heavy (non-hydrogen) atoms. The number of primary amides is 1. The number of carbonyl (C=O) groups excluding carboxylic acids is 1. The van der Waals surface area contributed by atoms with E-state index in [0.29, 0.717) is 0 Å². The Morgan fingerprint density at radius 2 is 2.00 bits per heavy atom. The number of carbonyl (C=O) groups is 1. The van der Waals surface area contributed by atoms with Crippen LogP contribution < -0.4 is 5.73 Å².